The summed E-state index contributed by atoms with van der Waals surface area (Å²) in [4.78, 5) is 20.3. The van der Waals surface area contributed by atoms with Crippen molar-refractivity contribution in [2.24, 2.45) is 0 Å². The highest BCUT2D eigenvalue weighted by Crippen LogP contribution is 2.41. The summed E-state index contributed by atoms with van der Waals surface area (Å²) in [6, 6.07) is 0.251. The fraction of sp³-hybridized carbons (Fsp3) is 0.579. The lowest BCUT2D eigenvalue weighted by molar-refractivity contribution is -0.0117. The van der Waals surface area contributed by atoms with Crippen LogP contribution in [-0.2, 0) is 15.9 Å². The number of fused-ring (bicyclic) bond motifs is 1. The van der Waals surface area contributed by atoms with E-state index in [1.165, 1.54) is 6.33 Å². The summed E-state index contributed by atoms with van der Waals surface area (Å²) in [5, 5.41) is 24.5. The topological polar surface area (TPSA) is 151 Å². The molecule has 0 spiro atoms. The number of oxazole rings is 1. The van der Waals surface area contributed by atoms with E-state index < -0.39 is 24.4 Å². The number of aromatic amines is 1. The molecule has 11 heteroatoms. The molecule has 2 aliphatic rings. The van der Waals surface area contributed by atoms with Gasteiger partial charge in [0, 0.05) is 25.7 Å². The van der Waals surface area contributed by atoms with Crippen LogP contribution in [0.2, 0.25) is 0 Å². The fourth-order valence-corrected chi connectivity index (χ4v) is 3.85. The van der Waals surface area contributed by atoms with Gasteiger partial charge in [0.25, 0.3) is 0 Å². The molecule has 2 aliphatic heterocycles. The van der Waals surface area contributed by atoms with Gasteiger partial charge in [-0.1, -0.05) is 6.92 Å². The number of nitrogens with one attached hydrogen (secondary N) is 2. The molecule has 11 nitrogen and oxygen atoms in total. The van der Waals surface area contributed by atoms with Crippen molar-refractivity contribution < 1.29 is 24.1 Å². The Balaban J connectivity index is 1.41. The lowest BCUT2D eigenvalue weighted by Gasteiger charge is -2.23. The quantitative estimate of drug-likeness (QED) is 0.474. The Hall–Kier alpha value is -2.60. The van der Waals surface area contributed by atoms with Crippen molar-refractivity contribution in [2.75, 3.05) is 18.5 Å². The smallest absolute Gasteiger partial charge is 0.226 e. The minimum atomic E-state index is -1.20. The first-order chi connectivity index (χ1) is 14.6. The molecule has 0 aromatic carbocycles. The second-order valence-corrected chi connectivity index (χ2v) is 7.55. The van der Waals surface area contributed by atoms with Crippen molar-refractivity contribution >= 4 is 17.0 Å². The minimum Gasteiger partial charge on any atom is -0.443 e. The Labute approximate surface area is 171 Å². The highest BCUT2D eigenvalue weighted by Gasteiger charge is 2.47. The van der Waals surface area contributed by atoms with Gasteiger partial charge in [0.1, 0.15) is 41.7 Å². The Morgan fingerprint density at radius 1 is 1.13 bits per heavy atom. The molecule has 2 saturated heterocycles. The molecule has 0 bridgehead atoms. The number of aromatic nitrogens is 5. The first-order valence-corrected chi connectivity index (χ1v) is 10.1. The summed E-state index contributed by atoms with van der Waals surface area (Å²) in [6.45, 7) is 3.36. The van der Waals surface area contributed by atoms with Crippen LogP contribution in [0, 0.1) is 0 Å². The van der Waals surface area contributed by atoms with Gasteiger partial charge >= 0.3 is 0 Å². The van der Waals surface area contributed by atoms with Crippen molar-refractivity contribution in [3.63, 3.8) is 0 Å². The van der Waals surface area contributed by atoms with Crippen molar-refractivity contribution in [1.82, 2.24) is 24.9 Å². The van der Waals surface area contributed by atoms with Crippen LogP contribution in [0.15, 0.2) is 16.9 Å². The van der Waals surface area contributed by atoms with Gasteiger partial charge < -0.3 is 34.4 Å². The number of imidazole rings is 1. The largest absolute Gasteiger partial charge is 0.443 e. The van der Waals surface area contributed by atoms with E-state index in [4.69, 9.17) is 13.9 Å². The number of aliphatic hydroxyl groups excluding tert-OH is 2. The average Bonchev–Trinajstić information content (AvgIpc) is 3.47. The van der Waals surface area contributed by atoms with E-state index >= 15 is 0 Å². The summed E-state index contributed by atoms with van der Waals surface area (Å²) >= 11 is 0. The predicted octanol–water partition coefficient (Wildman–Crippen LogP) is 1.03. The van der Waals surface area contributed by atoms with E-state index in [1.807, 2.05) is 6.92 Å². The zero-order chi connectivity index (χ0) is 20.7. The average molecular weight is 416 g/mol. The minimum absolute atomic E-state index is 0.235. The normalized spacial score (nSPS) is 27.7. The molecule has 0 amide bonds. The molecule has 3 aromatic heterocycles. The summed E-state index contributed by atoms with van der Waals surface area (Å²) in [5.74, 6) is 1.91. The molecular formula is C19H24N6O5. The Morgan fingerprint density at radius 3 is 2.70 bits per heavy atom. The van der Waals surface area contributed by atoms with Gasteiger partial charge in [0.2, 0.25) is 5.89 Å². The number of anilines is 1. The first kappa shape index (κ1) is 19.4. The maximum Gasteiger partial charge on any atom is 0.226 e. The second kappa shape index (κ2) is 7.91. The van der Waals surface area contributed by atoms with Crippen LogP contribution in [-0.4, -0.2) is 66.6 Å². The molecule has 0 saturated carbocycles. The summed E-state index contributed by atoms with van der Waals surface area (Å²) in [7, 11) is 0. The molecule has 3 aromatic rings. The van der Waals surface area contributed by atoms with E-state index in [0.29, 0.717) is 48.2 Å². The highest BCUT2D eigenvalue weighted by atomic mass is 16.6. The molecule has 160 valence electrons. The number of rotatable bonds is 5. The number of nitrogens with zero attached hydrogens (tertiary/aromatic N) is 4. The number of hydrogen-bond acceptors (Lipinski definition) is 10. The molecule has 2 fully saturated rings. The van der Waals surface area contributed by atoms with Gasteiger partial charge in [-0.15, -0.1) is 0 Å². The van der Waals surface area contributed by atoms with Gasteiger partial charge in [-0.25, -0.2) is 19.9 Å². The Kier molecular flexibility index (Phi) is 5.11. The highest BCUT2D eigenvalue weighted by molar-refractivity contribution is 5.82. The summed E-state index contributed by atoms with van der Waals surface area (Å²) in [6.07, 6.45) is 1.32. The third-order valence-corrected chi connectivity index (χ3v) is 5.57. The number of aryl methyl sites for hydroxylation is 1. The van der Waals surface area contributed by atoms with Crippen LogP contribution in [0.4, 0.5) is 5.82 Å². The third kappa shape index (κ3) is 3.43. The zero-order valence-electron chi connectivity index (χ0n) is 16.5. The predicted molar refractivity (Wildman–Crippen MR) is 104 cm³/mol. The van der Waals surface area contributed by atoms with E-state index in [9.17, 15) is 10.2 Å². The molecule has 0 unspecified atom stereocenters. The first-order valence-electron chi connectivity index (χ1n) is 10.1. The van der Waals surface area contributed by atoms with Gasteiger partial charge in [-0.05, 0) is 12.8 Å². The van der Waals surface area contributed by atoms with Crippen molar-refractivity contribution in [3.8, 4) is 0 Å². The number of aliphatic hydroxyl groups is 2. The van der Waals surface area contributed by atoms with Crippen LogP contribution in [0.3, 0.4) is 0 Å². The van der Waals surface area contributed by atoms with E-state index in [0.717, 1.165) is 12.8 Å². The van der Waals surface area contributed by atoms with E-state index in [2.05, 4.69) is 30.2 Å². The van der Waals surface area contributed by atoms with Gasteiger partial charge in [0.05, 0.1) is 6.20 Å². The van der Waals surface area contributed by atoms with Crippen molar-refractivity contribution in [2.45, 2.75) is 56.6 Å². The number of H-pyrrole nitrogens is 1. The Bertz CT molecular complexity index is 1020. The van der Waals surface area contributed by atoms with Gasteiger partial charge in [-0.3, -0.25) is 0 Å². The monoisotopic (exact) mass is 416 g/mol. The molecule has 30 heavy (non-hydrogen) atoms. The molecule has 5 rings (SSSR count). The number of ether oxygens (including phenoxy) is 2. The van der Waals surface area contributed by atoms with Gasteiger partial charge in [-0.2, -0.15) is 0 Å². The third-order valence-electron chi connectivity index (χ3n) is 5.57. The fourth-order valence-electron chi connectivity index (χ4n) is 3.85. The van der Waals surface area contributed by atoms with Crippen molar-refractivity contribution in [1.29, 1.82) is 0 Å². The van der Waals surface area contributed by atoms with Crippen LogP contribution in [0.5, 0.6) is 0 Å². The number of hydrogen-bond donors (Lipinski definition) is 4. The summed E-state index contributed by atoms with van der Waals surface area (Å²) < 4.78 is 16.9. The van der Waals surface area contributed by atoms with E-state index in [1.54, 1.807) is 6.20 Å². The molecule has 0 radical (unpaired) electrons. The molecule has 4 atom stereocenters. The Morgan fingerprint density at radius 2 is 1.93 bits per heavy atom. The maximum atomic E-state index is 10.6. The molecule has 5 heterocycles. The lowest BCUT2D eigenvalue weighted by Crippen LogP contribution is -2.28. The zero-order valence-corrected chi connectivity index (χ0v) is 16.5. The molecular weight excluding hydrogens is 392 g/mol. The standard InChI is InChI=1S/C19H24N6O5/c1-2-10-7-20-19(29-10)15-13(27)12(26)14(30-15)18-24-11-16(21-8-22-17(11)25-18)23-9-3-5-28-6-4-9/h7-9,12-15,26-27H,2-6H2,1H3,(H2,21,22,23,24,25)/t12-,13+,14+,15+/m1/s1. The van der Waals surface area contributed by atoms with Gasteiger partial charge in [0.15, 0.2) is 17.6 Å². The molecule has 4 N–H and O–H groups in total. The van der Waals surface area contributed by atoms with Crippen LogP contribution >= 0.6 is 0 Å². The summed E-state index contributed by atoms with van der Waals surface area (Å²) in [5.41, 5.74) is 1.07. The van der Waals surface area contributed by atoms with Crippen LogP contribution in [0.1, 0.15) is 49.4 Å². The second-order valence-electron chi connectivity index (χ2n) is 7.55. The van der Waals surface area contributed by atoms with Crippen molar-refractivity contribution in [3.05, 3.63) is 30.0 Å². The van der Waals surface area contributed by atoms with Crippen LogP contribution < -0.4 is 5.32 Å². The molecule has 0 aliphatic carbocycles. The lowest BCUT2D eigenvalue weighted by atomic mass is 10.1. The van der Waals surface area contributed by atoms with E-state index in [-0.39, 0.29) is 11.9 Å². The maximum absolute atomic E-state index is 10.6. The SMILES string of the molecule is CCc1cnc([C@H]2O[C@H](c3nc4ncnc(NC5CCOCC5)c4[nH]3)[C@H](O)[C@@H]2O)o1. The van der Waals surface area contributed by atoms with Crippen LogP contribution in [0.25, 0.3) is 11.2 Å².